The summed E-state index contributed by atoms with van der Waals surface area (Å²) in [7, 11) is -3.09. The van der Waals surface area contributed by atoms with Crippen LogP contribution in [0, 0.1) is 0 Å². The van der Waals surface area contributed by atoms with E-state index in [0.29, 0.717) is 18.7 Å². The highest BCUT2D eigenvalue weighted by Crippen LogP contribution is 2.22. The number of sulfone groups is 1. The Kier molecular flexibility index (Phi) is 6.78. The van der Waals surface area contributed by atoms with Crippen LogP contribution >= 0.6 is 15.9 Å². The lowest BCUT2D eigenvalue weighted by molar-refractivity contribution is -0.136. The van der Waals surface area contributed by atoms with Crippen LogP contribution in [-0.2, 0) is 27.6 Å². The Morgan fingerprint density at radius 3 is 2.54 bits per heavy atom. The molecule has 150 valence electrons. The first-order chi connectivity index (χ1) is 13.4. The van der Waals surface area contributed by atoms with Gasteiger partial charge in [0.1, 0.15) is 5.75 Å². The maximum Gasteiger partial charge on any atom is 0.261 e. The highest BCUT2D eigenvalue weighted by molar-refractivity contribution is 9.10. The van der Waals surface area contributed by atoms with Gasteiger partial charge < -0.3 is 9.64 Å². The van der Waals surface area contributed by atoms with E-state index in [2.05, 4.69) is 22.9 Å². The van der Waals surface area contributed by atoms with Crippen LogP contribution < -0.4 is 4.74 Å². The second-order valence-corrected chi connectivity index (χ2v) is 10.1. The number of amides is 1. The fourth-order valence-electron chi connectivity index (χ4n) is 3.32. The van der Waals surface area contributed by atoms with Crippen molar-refractivity contribution in [3.8, 4) is 5.75 Å². The molecular formula is C21H24BrNO4S. The van der Waals surface area contributed by atoms with Crippen molar-refractivity contribution in [3.05, 3.63) is 64.1 Å². The molecule has 2 aromatic carbocycles. The predicted octanol–water partition coefficient (Wildman–Crippen LogP) is 3.61. The number of nitrogens with zero attached hydrogens (tertiary/aromatic N) is 1. The molecule has 0 radical (unpaired) electrons. The normalized spacial score (nSPS) is 18.0. The molecule has 1 aliphatic rings. The van der Waals surface area contributed by atoms with Crippen LogP contribution in [0.1, 0.15) is 24.5 Å². The number of ether oxygens (including phenoxy) is 1. The minimum Gasteiger partial charge on any atom is -0.484 e. The number of halogens is 1. The fourth-order valence-corrected chi connectivity index (χ4v) is 5.50. The third-order valence-corrected chi connectivity index (χ3v) is 7.15. The van der Waals surface area contributed by atoms with Crippen molar-refractivity contribution in [2.24, 2.45) is 0 Å². The summed E-state index contributed by atoms with van der Waals surface area (Å²) < 4.78 is 30.5. The lowest BCUT2D eigenvalue weighted by Crippen LogP contribution is -2.43. The number of aryl methyl sites for hydroxylation is 1. The van der Waals surface area contributed by atoms with Gasteiger partial charge in [0, 0.05) is 17.1 Å². The zero-order chi connectivity index (χ0) is 20.1. The second-order valence-electron chi connectivity index (χ2n) is 6.99. The van der Waals surface area contributed by atoms with E-state index >= 15 is 0 Å². The Bertz CT molecular complexity index is 928. The molecule has 28 heavy (non-hydrogen) atoms. The van der Waals surface area contributed by atoms with Gasteiger partial charge in [-0.2, -0.15) is 0 Å². The summed E-state index contributed by atoms with van der Waals surface area (Å²) in [5.74, 6) is 0.561. The first-order valence-corrected chi connectivity index (χ1v) is 11.9. The van der Waals surface area contributed by atoms with Gasteiger partial charge in [0.2, 0.25) is 0 Å². The van der Waals surface area contributed by atoms with Crippen LogP contribution in [0.2, 0.25) is 0 Å². The van der Waals surface area contributed by atoms with Crippen molar-refractivity contribution >= 4 is 31.7 Å². The van der Waals surface area contributed by atoms with E-state index in [1.807, 2.05) is 48.5 Å². The van der Waals surface area contributed by atoms with Crippen LogP contribution in [-0.4, -0.2) is 43.4 Å². The van der Waals surface area contributed by atoms with Gasteiger partial charge in [-0.15, -0.1) is 0 Å². The average Bonchev–Trinajstić information content (AvgIpc) is 3.04. The predicted molar refractivity (Wildman–Crippen MR) is 113 cm³/mol. The van der Waals surface area contributed by atoms with E-state index in [-0.39, 0.29) is 30.1 Å². The molecule has 0 aromatic heterocycles. The van der Waals surface area contributed by atoms with E-state index in [1.165, 1.54) is 5.56 Å². The summed E-state index contributed by atoms with van der Waals surface area (Å²) in [6, 6.07) is 15.0. The third-order valence-electron chi connectivity index (χ3n) is 4.91. The monoisotopic (exact) mass is 465 g/mol. The van der Waals surface area contributed by atoms with Gasteiger partial charge in [0.25, 0.3) is 5.91 Å². The first kappa shape index (κ1) is 20.9. The summed E-state index contributed by atoms with van der Waals surface area (Å²) >= 11 is 3.44. The first-order valence-electron chi connectivity index (χ1n) is 9.32. The second kappa shape index (κ2) is 9.09. The fraction of sp³-hybridized carbons (Fsp3) is 0.381. The van der Waals surface area contributed by atoms with E-state index in [4.69, 9.17) is 4.74 Å². The molecule has 0 spiro atoms. The quantitative estimate of drug-likeness (QED) is 0.626. The van der Waals surface area contributed by atoms with Crippen molar-refractivity contribution < 1.29 is 17.9 Å². The Balaban J connectivity index is 1.72. The molecule has 0 unspecified atom stereocenters. The molecule has 1 saturated heterocycles. The van der Waals surface area contributed by atoms with Crippen molar-refractivity contribution in [1.29, 1.82) is 0 Å². The van der Waals surface area contributed by atoms with Gasteiger partial charge in [-0.3, -0.25) is 4.79 Å². The molecular weight excluding hydrogens is 442 g/mol. The van der Waals surface area contributed by atoms with Crippen molar-refractivity contribution in [3.63, 3.8) is 0 Å². The van der Waals surface area contributed by atoms with Gasteiger partial charge in [-0.05, 0) is 48.2 Å². The molecule has 1 heterocycles. The number of carbonyl (C=O) groups excluding carboxylic acids is 1. The van der Waals surface area contributed by atoms with Crippen LogP contribution in [0.4, 0.5) is 0 Å². The Labute approximate surface area is 174 Å². The van der Waals surface area contributed by atoms with Crippen molar-refractivity contribution in [2.45, 2.75) is 32.4 Å². The topological polar surface area (TPSA) is 63.7 Å². The minimum absolute atomic E-state index is 0.0118. The molecule has 7 heteroatoms. The van der Waals surface area contributed by atoms with E-state index in [0.717, 1.165) is 16.5 Å². The Morgan fingerprint density at radius 1 is 1.18 bits per heavy atom. The molecule has 3 rings (SSSR count). The summed E-state index contributed by atoms with van der Waals surface area (Å²) in [5.41, 5.74) is 2.14. The number of hydrogen-bond acceptors (Lipinski definition) is 4. The lowest BCUT2D eigenvalue weighted by atomic mass is 10.1. The third kappa shape index (κ3) is 5.58. The van der Waals surface area contributed by atoms with Gasteiger partial charge in [0.15, 0.2) is 16.4 Å². The van der Waals surface area contributed by atoms with Crippen LogP contribution in [0.5, 0.6) is 5.75 Å². The maximum atomic E-state index is 12.9. The Morgan fingerprint density at radius 2 is 1.93 bits per heavy atom. The molecule has 1 fully saturated rings. The lowest BCUT2D eigenvalue weighted by Gasteiger charge is -2.28. The van der Waals surface area contributed by atoms with Crippen LogP contribution in [0.15, 0.2) is 53.0 Å². The number of hydrogen-bond donors (Lipinski definition) is 0. The molecule has 5 nitrogen and oxygen atoms in total. The van der Waals surface area contributed by atoms with Gasteiger partial charge in [-0.1, -0.05) is 47.1 Å². The zero-order valence-corrected chi connectivity index (χ0v) is 18.2. The van der Waals surface area contributed by atoms with Crippen LogP contribution in [0.3, 0.4) is 0 Å². The molecule has 1 amide bonds. The Hall–Kier alpha value is -1.86. The summed E-state index contributed by atoms with van der Waals surface area (Å²) in [6.07, 6.45) is 1.41. The van der Waals surface area contributed by atoms with Crippen LogP contribution in [0.25, 0.3) is 0 Å². The number of carbonyl (C=O) groups is 1. The molecule has 0 N–H and O–H groups in total. The molecule has 1 atom stereocenters. The van der Waals surface area contributed by atoms with E-state index < -0.39 is 9.84 Å². The maximum absolute atomic E-state index is 12.9. The van der Waals surface area contributed by atoms with Crippen molar-refractivity contribution in [2.75, 3.05) is 18.1 Å². The largest absolute Gasteiger partial charge is 0.484 e. The van der Waals surface area contributed by atoms with Crippen molar-refractivity contribution in [1.82, 2.24) is 4.90 Å². The minimum atomic E-state index is -3.09. The van der Waals surface area contributed by atoms with Gasteiger partial charge >= 0.3 is 0 Å². The van der Waals surface area contributed by atoms with E-state index in [9.17, 15) is 13.2 Å². The number of benzene rings is 2. The smallest absolute Gasteiger partial charge is 0.261 e. The molecule has 0 bridgehead atoms. The molecule has 1 aliphatic heterocycles. The molecule has 2 aromatic rings. The van der Waals surface area contributed by atoms with E-state index in [1.54, 1.807) is 4.90 Å². The molecule has 0 saturated carbocycles. The SMILES string of the molecule is CCc1ccc(OCC(=O)N(Cc2cccc(Br)c2)[C@H]2CCS(=O)(=O)C2)cc1. The highest BCUT2D eigenvalue weighted by atomic mass is 79.9. The molecule has 0 aliphatic carbocycles. The van der Waals surface area contributed by atoms with Gasteiger partial charge in [-0.25, -0.2) is 8.42 Å². The highest BCUT2D eigenvalue weighted by Gasteiger charge is 2.34. The standard InChI is InChI=1S/C21H24BrNO4S/c1-2-16-6-8-20(9-7-16)27-14-21(24)23(19-10-11-28(25,26)15-19)13-17-4-3-5-18(22)12-17/h3-9,12,19H,2,10-11,13-15H2,1H3/t19-/m0/s1. The zero-order valence-electron chi connectivity index (χ0n) is 15.8. The summed E-state index contributed by atoms with van der Waals surface area (Å²) in [5, 5.41) is 0. The average molecular weight is 466 g/mol. The summed E-state index contributed by atoms with van der Waals surface area (Å²) in [6.45, 7) is 2.32. The number of rotatable bonds is 7. The van der Waals surface area contributed by atoms with Gasteiger partial charge in [0.05, 0.1) is 11.5 Å². The summed E-state index contributed by atoms with van der Waals surface area (Å²) in [4.78, 5) is 14.6.